The summed E-state index contributed by atoms with van der Waals surface area (Å²) in [6, 6.07) is 1.83. The Labute approximate surface area is 137 Å². The largest absolute Gasteiger partial charge is 0.337 e. The number of hydrogen-bond acceptors (Lipinski definition) is 4. The Morgan fingerprint density at radius 1 is 1.22 bits per heavy atom. The third-order valence-electron chi connectivity index (χ3n) is 4.90. The molecule has 126 valence electrons. The molecule has 0 N–H and O–H groups in total. The number of sulfonamides is 1. The first-order valence-corrected chi connectivity index (χ1v) is 9.85. The third-order valence-corrected chi connectivity index (χ3v) is 6.27. The quantitative estimate of drug-likeness (QED) is 0.818. The highest BCUT2D eigenvalue weighted by Gasteiger charge is 2.48. The smallest absolute Gasteiger partial charge is 0.255 e. The molecule has 1 spiro atoms. The highest BCUT2D eigenvalue weighted by atomic mass is 32.2. The zero-order chi connectivity index (χ0) is 16.7. The number of piperidine rings is 1. The fraction of sp³-hybridized carbons (Fsp3) is 0.625. The summed E-state index contributed by atoms with van der Waals surface area (Å²) in [6.45, 7) is 3.62. The third kappa shape index (κ3) is 3.12. The number of likely N-dealkylation sites (tertiary alicyclic amines) is 1. The highest BCUT2D eigenvalue weighted by molar-refractivity contribution is 7.88. The summed E-state index contributed by atoms with van der Waals surface area (Å²) < 4.78 is 25.8. The molecular weight excluding hydrogens is 314 g/mol. The van der Waals surface area contributed by atoms with Gasteiger partial charge in [-0.3, -0.25) is 9.78 Å². The molecule has 2 fully saturated rings. The number of rotatable bonds is 2. The topological polar surface area (TPSA) is 70.6 Å². The molecule has 1 aromatic rings. The Balaban J connectivity index is 1.85. The minimum absolute atomic E-state index is 0.0550. The van der Waals surface area contributed by atoms with E-state index in [9.17, 15) is 13.2 Å². The van der Waals surface area contributed by atoms with Crippen LogP contribution in [0.2, 0.25) is 0 Å². The maximum atomic E-state index is 12.8. The zero-order valence-electron chi connectivity index (χ0n) is 13.7. The van der Waals surface area contributed by atoms with Crippen molar-refractivity contribution in [3.05, 3.63) is 29.6 Å². The number of nitrogens with zero attached hydrogens (tertiary/aromatic N) is 3. The van der Waals surface area contributed by atoms with Gasteiger partial charge in [-0.1, -0.05) is 0 Å². The Kier molecular flexibility index (Phi) is 4.18. The van der Waals surface area contributed by atoms with Crippen LogP contribution in [0, 0.1) is 6.92 Å². The van der Waals surface area contributed by atoms with E-state index >= 15 is 0 Å². The second-order valence-electron chi connectivity index (χ2n) is 6.74. The predicted octanol–water partition coefficient (Wildman–Crippen LogP) is 1.42. The fourth-order valence-corrected chi connectivity index (χ4v) is 5.38. The van der Waals surface area contributed by atoms with Gasteiger partial charge in [0, 0.05) is 32.0 Å². The van der Waals surface area contributed by atoms with Crippen LogP contribution in [-0.2, 0) is 10.0 Å². The average molecular weight is 337 g/mol. The molecule has 0 aliphatic carbocycles. The minimum atomic E-state index is -3.25. The number of carbonyl (C=O) groups excluding carboxylic acids is 1. The molecule has 0 aromatic carbocycles. The van der Waals surface area contributed by atoms with Crippen molar-refractivity contribution in [2.45, 2.75) is 38.1 Å². The van der Waals surface area contributed by atoms with Crippen LogP contribution >= 0.6 is 0 Å². The summed E-state index contributed by atoms with van der Waals surface area (Å²) in [5.41, 5.74) is 1.10. The molecule has 0 unspecified atom stereocenters. The van der Waals surface area contributed by atoms with E-state index in [1.807, 2.05) is 13.0 Å². The molecule has 1 amide bonds. The van der Waals surface area contributed by atoms with Gasteiger partial charge in [0.15, 0.2) is 0 Å². The van der Waals surface area contributed by atoms with Crippen molar-refractivity contribution in [3.8, 4) is 0 Å². The summed E-state index contributed by atoms with van der Waals surface area (Å²) >= 11 is 0. The lowest BCUT2D eigenvalue weighted by Crippen LogP contribution is -2.58. The van der Waals surface area contributed by atoms with E-state index < -0.39 is 15.6 Å². The van der Waals surface area contributed by atoms with Crippen molar-refractivity contribution in [2.75, 3.05) is 25.9 Å². The van der Waals surface area contributed by atoms with Crippen molar-refractivity contribution in [1.82, 2.24) is 14.2 Å². The van der Waals surface area contributed by atoms with E-state index in [-0.39, 0.29) is 5.91 Å². The van der Waals surface area contributed by atoms with Gasteiger partial charge in [-0.05, 0) is 44.2 Å². The highest BCUT2D eigenvalue weighted by Crippen LogP contribution is 2.39. The number of aryl methyl sites for hydroxylation is 1. The molecule has 7 heteroatoms. The Morgan fingerprint density at radius 3 is 2.57 bits per heavy atom. The van der Waals surface area contributed by atoms with Gasteiger partial charge in [0.25, 0.3) is 5.91 Å². The number of pyridine rings is 1. The second-order valence-corrected chi connectivity index (χ2v) is 8.65. The van der Waals surface area contributed by atoms with Crippen LogP contribution < -0.4 is 0 Å². The Bertz CT molecular complexity index is 719. The van der Waals surface area contributed by atoms with Crippen molar-refractivity contribution < 1.29 is 13.2 Å². The molecule has 23 heavy (non-hydrogen) atoms. The van der Waals surface area contributed by atoms with E-state index in [0.717, 1.165) is 31.2 Å². The van der Waals surface area contributed by atoms with E-state index in [0.29, 0.717) is 25.2 Å². The van der Waals surface area contributed by atoms with Gasteiger partial charge in [-0.15, -0.1) is 0 Å². The predicted molar refractivity (Wildman–Crippen MR) is 87.6 cm³/mol. The number of carbonyl (C=O) groups is 1. The van der Waals surface area contributed by atoms with E-state index in [1.54, 1.807) is 21.6 Å². The standard InChI is InChI=1S/C16H23N3O3S/c1-13-9-14(11-17-10-13)15(20)18-7-3-5-16(12-18)6-4-8-19(16)23(2,21)22/h9-11H,3-8,12H2,1-2H3/t16-/m1/s1. The molecular formula is C16H23N3O3S. The normalized spacial score (nSPS) is 25.9. The van der Waals surface area contributed by atoms with Crippen LogP contribution in [0.4, 0.5) is 0 Å². The van der Waals surface area contributed by atoms with E-state index in [1.165, 1.54) is 6.26 Å². The number of hydrogen-bond donors (Lipinski definition) is 0. The molecule has 2 aliphatic heterocycles. The first-order valence-electron chi connectivity index (χ1n) is 8.01. The summed E-state index contributed by atoms with van der Waals surface area (Å²) in [5.74, 6) is -0.0550. The van der Waals surface area contributed by atoms with Gasteiger partial charge in [-0.2, -0.15) is 4.31 Å². The summed E-state index contributed by atoms with van der Waals surface area (Å²) in [6.07, 6.45) is 7.92. The Hall–Kier alpha value is -1.47. The van der Waals surface area contributed by atoms with Gasteiger partial charge in [0.2, 0.25) is 10.0 Å². The SMILES string of the molecule is Cc1cncc(C(=O)N2CCC[C@@]3(CCCN3S(C)(=O)=O)C2)c1. The van der Waals surface area contributed by atoms with Crippen LogP contribution in [-0.4, -0.2) is 59.9 Å². The van der Waals surface area contributed by atoms with Crippen molar-refractivity contribution in [2.24, 2.45) is 0 Å². The Morgan fingerprint density at radius 2 is 1.91 bits per heavy atom. The molecule has 0 saturated carbocycles. The average Bonchev–Trinajstić information content (AvgIpc) is 2.89. The lowest BCUT2D eigenvalue weighted by molar-refractivity contribution is 0.0524. The van der Waals surface area contributed by atoms with Crippen LogP contribution in [0.3, 0.4) is 0 Å². The summed E-state index contributed by atoms with van der Waals surface area (Å²) in [5, 5.41) is 0. The van der Waals surface area contributed by atoms with E-state index in [4.69, 9.17) is 0 Å². The number of aromatic nitrogens is 1. The minimum Gasteiger partial charge on any atom is -0.337 e. The van der Waals surface area contributed by atoms with Crippen LogP contribution in [0.15, 0.2) is 18.5 Å². The monoisotopic (exact) mass is 337 g/mol. The van der Waals surface area contributed by atoms with Gasteiger partial charge in [0.1, 0.15) is 0 Å². The van der Waals surface area contributed by atoms with E-state index in [2.05, 4.69) is 4.98 Å². The van der Waals surface area contributed by atoms with Crippen LogP contribution in [0.5, 0.6) is 0 Å². The first kappa shape index (κ1) is 16.4. The maximum absolute atomic E-state index is 12.8. The lowest BCUT2D eigenvalue weighted by Gasteiger charge is -2.44. The molecule has 3 rings (SSSR count). The first-order chi connectivity index (χ1) is 10.8. The molecule has 2 saturated heterocycles. The second kappa shape index (κ2) is 5.87. The molecule has 3 heterocycles. The molecule has 6 nitrogen and oxygen atoms in total. The molecule has 1 atom stereocenters. The van der Waals surface area contributed by atoms with Gasteiger partial charge in [-0.25, -0.2) is 8.42 Å². The van der Waals surface area contributed by atoms with Crippen LogP contribution in [0.25, 0.3) is 0 Å². The lowest BCUT2D eigenvalue weighted by atomic mass is 9.87. The van der Waals surface area contributed by atoms with Gasteiger partial charge < -0.3 is 4.90 Å². The fourth-order valence-electron chi connectivity index (χ4n) is 3.98. The van der Waals surface area contributed by atoms with Crippen LogP contribution in [0.1, 0.15) is 41.6 Å². The molecule has 0 bridgehead atoms. The van der Waals surface area contributed by atoms with Crippen molar-refractivity contribution >= 4 is 15.9 Å². The van der Waals surface area contributed by atoms with Crippen molar-refractivity contribution in [1.29, 1.82) is 0 Å². The molecule has 0 radical (unpaired) electrons. The van der Waals surface area contributed by atoms with Gasteiger partial charge in [0.05, 0.1) is 17.4 Å². The number of amides is 1. The van der Waals surface area contributed by atoms with Gasteiger partial charge >= 0.3 is 0 Å². The zero-order valence-corrected chi connectivity index (χ0v) is 14.5. The molecule has 1 aromatic heterocycles. The molecule has 2 aliphatic rings. The maximum Gasteiger partial charge on any atom is 0.255 e. The van der Waals surface area contributed by atoms with Crippen molar-refractivity contribution in [3.63, 3.8) is 0 Å². The summed E-state index contributed by atoms with van der Waals surface area (Å²) in [4.78, 5) is 18.7. The summed E-state index contributed by atoms with van der Waals surface area (Å²) in [7, 11) is -3.25.